The average Bonchev–Trinajstić information content (AvgIpc) is 3.57. The van der Waals surface area contributed by atoms with Gasteiger partial charge in [-0.15, -0.1) is 0 Å². The molecule has 1 saturated carbocycles. The van der Waals surface area contributed by atoms with E-state index < -0.39 is 13.2 Å². The van der Waals surface area contributed by atoms with Crippen LogP contribution < -0.4 is 20.8 Å². The van der Waals surface area contributed by atoms with Gasteiger partial charge in [0.1, 0.15) is 0 Å². The summed E-state index contributed by atoms with van der Waals surface area (Å²) in [5.74, 6) is 0.499. The fourth-order valence-corrected chi connectivity index (χ4v) is 12.1. The van der Waals surface area contributed by atoms with Crippen LogP contribution in [0.5, 0.6) is 0 Å². The molecule has 6 nitrogen and oxygen atoms in total. The Labute approximate surface area is 291 Å². The topological polar surface area (TPSA) is 64.4 Å². The molecule has 1 fully saturated rings. The van der Waals surface area contributed by atoms with Crippen molar-refractivity contribution < 1.29 is 14.3 Å². The van der Waals surface area contributed by atoms with E-state index in [2.05, 4.69) is 122 Å². The van der Waals surface area contributed by atoms with Crippen LogP contribution in [0.4, 0.5) is 5.82 Å². The number of anilines is 1. The third-order valence-corrected chi connectivity index (χ3v) is 14.9. The van der Waals surface area contributed by atoms with Crippen molar-refractivity contribution in [3.63, 3.8) is 0 Å². The third kappa shape index (κ3) is 7.26. The molecule has 254 valence electrons. The molecule has 1 heterocycles. The van der Waals surface area contributed by atoms with Crippen LogP contribution in [0.2, 0.25) is 0 Å². The van der Waals surface area contributed by atoms with Gasteiger partial charge in [0.05, 0.1) is 0 Å². The predicted molar refractivity (Wildman–Crippen MR) is 204 cm³/mol. The Morgan fingerprint density at radius 3 is 1.78 bits per heavy atom. The molecular formula is C42H48N3O3P. The number of carbonyl (C=O) groups is 2. The minimum atomic E-state index is -2.48. The summed E-state index contributed by atoms with van der Waals surface area (Å²) in [5.41, 5.74) is 2.34. The van der Waals surface area contributed by atoms with E-state index in [0.717, 1.165) is 37.5 Å². The molecular weight excluding hydrogens is 625 g/mol. The van der Waals surface area contributed by atoms with Gasteiger partial charge in [-0.2, -0.15) is 0 Å². The molecule has 0 aliphatic heterocycles. The standard InChI is InChI=1S/C42H48N3O3P/c1-5-48-42(47)39-29-44(43-40(39)45(31(2)3)41(46)34-25-21-32(4)22-26-34)35-27-23-33(24-28-35)30-49(36-15-9-6-10-16-36,37-17-11-7-12-18-37)38-19-13-8-14-20-38/h6-20,23-24,27-29,31-32,34,49H,5,21-22,25-26,30H2,1-4H3. The first-order chi connectivity index (χ1) is 23.8. The molecule has 49 heavy (non-hydrogen) atoms. The molecule has 1 aliphatic carbocycles. The van der Waals surface area contributed by atoms with E-state index in [1.165, 1.54) is 21.5 Å². The van der Waals surface area contributed by atoms with Gasteiger partial charge in [-0.25, -0.2) is 0 Å². The Morgan fingerprint density at radius 2 is 1.31 bits per heavy atom. The van der Waals surface area contributed by atoms with Gasteiger partial charge in [-0.3, -0.25) is 0 Å². The van der Waals surface area contributed by atoms with Crippen LogP contribution in [0.1, 0.15) is 69.3 Å². The third-order valence-electron chi connectivity index (χ3n) is 10.0. The summed E-state index contributed by atoms with van der Waals surface area (Å²) in [5, 5.41) is 8.99. The fourth-order valence-electron chi connectivity index (χ4n) is 7.38. The molecule has 0 unspecified atom stereocenters. The van der Waals surface area contributed by atoms with Crippen molar-refractivity contribution in [1.82, 2.24) is 9.78 Å². The van der Waals surface area contributed by atoms with Crippen LogP contribution in [0, 0.1) is 11.8 Å². The van der Waals surface area contributed by atoms with E-state index >= 15 is 0 Å². The number of hydrogen-bond donors (Lipinski definition) is 0. The van der Waals surface area contributed by atoms with Gasteiger partial charge in [0, 0.05) is 0 Å². The van der Waals surface area contributed by atoms with E-state index in [1.807, 2.05) is 13.8 Å². The quantitative estimate of drug-likeness (QED) is 0.106. The van der Waals surface area contributed by atoms with Gasteiger partial charge in [-0.1, -0.05) is 6.92 Å². The minimum absolute atomic E-state index is 0.0390. The van der Waals surface area contributed by atoms with Gasteiger partial charge in [0.25, 0.3) is 0 Å². The Balaban J connectivity index is 1.38. The van der Waals surface area contributed by atoms with E-state index in [1.54, 1.807) is 22.7 Å². The van der Waals surface area contributed by atoms with Gasteiger partial charge in [0.2, 0.25) is 0 Å². The van der Waals surface area contributed by atoms with Crippen molar-refractivity contribution in [2.45, 2.75) is 65.6 Å². The second-order valence-electron chi connectivity index (χ2n) is 13.6. The Hall–Kier alpha value is -4.54. The maximum atomic E-state index is 14.0. The Bertz CT molecular complexity index is 1730. The monoisotopic (exact) mass is 673 g/mol. The zero-order valence-electron chi connectivity index (χ0n) is 29.1. The Morgan fingerprint density at radius 1 is 0.796 bits per heavy atom. The van der Waals surface area contributed by atoms with E-state index in [4.69, 9.17) is 9.84 Å². The average molecular weight is 674 g/mol. The molecule has 0 radical (unpaired) electrons. The molecule has 0 saturated heterocycles. The summed E-state index contributed by atoms with van der Waals surface area (Å²) in [4.78, 5) is 29.0. The van der Waals surface area contributed by atoms with E-state index in [0.29, 0.717) is 17.3 Å². The van der Waals surface area contributed by atoms with Crippen LogP contribution in [0.25, 0.3) is 5.69 Å². The van der Waals surface area contributed by atoms with Crippen molar-refractivity contribution in [3.05, 3.63) is 133 Å². The van der Waals surface area contributed by atoms with Gasteiger partial charge >= 0.3 is 266 Å². The van der Waals surface area contributed by atoms with Gasteiger partial charge in [0.15, 0.2) is 0 Å². The van der Waals surface area contributed by atoms with Crippen molar-refractivity contribution in [3.8, 4) is 5.69 Å². The SMILES string of the molecule is CCOC(=O)c1cn(-c2ccc(C[PH](c3ccccc3)(c3ccccc3)c3ccccc3)cc2)nc1N(C(=O)C1CCC(C)CC1)C(C)C. The number of nitrogens with zero attached hydrogens (tertiary/aromatic N) is 3. The van der Waals surface area contributed by atoms with Crippen molar-refractivity contribution in [2.24, 2.45) is 11.8 Å². The zero-order chi connectivity index (χ0) is 34.4. The van der Waals surface area contributed by atoms with Crippen LogP contribution in [0.3, 0.4) is 0 Å². The molecule has 7 heteroatoms. The first kappa shape index (κ1) is 34.3. The summed E-state index contributed by atoms with van der Waals surface area (Å²) in [6, 6.07) is 41.1. The number of amides is 1. The number of rotatable bonds is 11. The molecule has 1 amide bonds. The molecule has 1 aromatic heterocycles. The number of hydrogen-bond acceptors (Lipinski definition) is 4. The van der Waals surface area contributed by atoms with Crippen molar-refractivity contribution >= 4 is 40.9 Å². The molecule has 0 N–H and O–H groups in total. The summed E-state index contributed by atoms with van der Waals surface area (Å²) in [7, 11) is -2.48. The molecule has 0 atom stereocenters. The number of benzene rings is 4. The van der Waals surface area contributed by atoms with Crippen molar-refractivity contribution in [1.29, 1.82) is 0 Å². The maximum absolute atomic E-state index is 14.0. The van der Waals surface area contributed by atoms with Crippen LogP contribution in [0.15, 0.2) is 121 Å². The van der Waals surface area contributed by atoms with E-state index in [9.17, 15) is 9.59 Å². The number of carbonyl (C=O) groups excluding carboxylic acids is 2. The number of esters is 1. The van der Waals surface area contributed by atoms with Gasteiger partial charge in [-0.05, 0) is 18.8 Å². The molecule has 6 rings (SSSR count). The second kappa shape index (κ2) is 15.3. The molecule has 4 aromatic carbocycles. The van der Waals surface area contributed by atoms with Gasteiger partial charge < -0.3 is 0 Å². The summed E-state index contributed by atoms with van der Waals surface area (Å²) >= 11 is 0. The van der Waals surface area contributed by atoms with Crippen LogP contribution >= 0.6 is 7.26 Å². The predicted octanol–water partition coefficient (Wildman–Crippen LogP) is 7.84. The first-order valence-electron chi connectivity index (χ1n) is 17.7. The van der Waals surface area contributed by atoms with Crippen molar-refractivity contribution in [2.75, 3.05) is 11.5 Å². The fraction of sp³-hybridized carbons (Fsp3) is 0.310. The van der Waals surface area contributed by atoms with Crippen LogP contribution in [-0.4, -0.2) is 34.3 Å². The summed E-state index contributed by atoms with van der Waals surface area (Å²) in [6.07, 6.45) is 6.39. The molecule has 5 aromatic rings. The normalized spacial score (nSPS) is 16.7. The molecule has 0 spiro atoms. The number of aromatic nitrogens is 2. The van der Waals surface area contributed by atoms with E-state index in [-0.39, 0.29) is 24.5 Å². The summed E-state index contributed by atoms with van der Waals surface area (Å²) < 4.78 is 7.18. The second-order valence-corrected chi connectivity index (χ2v) is 17.5. The Kier molecular flexibility index (Phi) is 10.7. The summed E-state index contributed by atoms with van der Waals surface area (Å²) in [6.45, 7) is 8.24. The zero-order valence-corrected chi connectivity index (χ0v) is 30.1. The first-order valence-corrected chi connectivity index (χ1v) is 19.9. The van der Waals surface area contributed by atoms with Crippen LogP contribution in [-0.2, 0) is 15.7 Å². The molecule has 0 bridgehead atoms. The number of ether oxygens (including phenoxy) is 1. The molecule has 1 aliphatic rings.